The van der Waals surface area contributed by atoms with E-state index in [-0.39, 0.29) is 17.3 Å². The first-order chi connectivity index (χ1) is 13.7. The molecule has 0 atom stereocenters. The fourth-order valence-electron chi connectivity index (χ4n) is 3.60. The monoisotopic (exact) mass is 448 g/mol. The molecule has 29 heavy (non-hydrogen) atoms. The van der Waals surface area contributed by atoms with Crippen molar-refractivity contribution in [1.82, 2.24) is 4.57 Å². The molecule has 0 aliphatic heterocycles. The van der Waals surface area contributed by atoms with Crippen molar-refractivity contribution in [3.8, 4) is 0 Å². The van der Waals surface area contributed by atoms with Crippen LogP contribution in [0.15, 0.2) is 36.4 Å². The van der Waals surface area contributed by atoms with Crippen molar-refractivity contribution in [1.29, 1.82) is 0 Å². The molecule has 0 aliphatic carbocycles. The number of aromatic nitrogens is 1. The third kappa shape index (κ3) is 4.28. The van der Waals surface area contributed by atoms with Crippen LogP contribution in [0.25, 0.3) is 10.9 Å². The summed E-state index contributed by atoms with van der Waals surface area (Å²) in [7, 11) is 0. The number of fused-ring (bicyclic) bond motifs is 1. The van der Waals surface area contributed by atoms with Crippen LogP contribution in [0.1, 0.15) is 59.2 Å². The minimum atomic E-state index is -0.989. The van der Waals surface area contributed by atoms with Crippen LogP contribution in [0.5, 0.6) is 0 Å². The molecule has 0 radical (unpaired) electrons. The number of carboxylic acid groups (broad SMARTS) is 1. The van der Waals surface area contributed by atoms with Crippen LogP contribution in [-0.4, -0.2) is 21.4 Å². The Balaban J connectivity index is 2.32. The number of rotatable bonds is 7. The van der Waals surface area contributed by atoms with Gasteiger partial charge in [0.15, 0.2) is 0 Å². The Kier molecular flexibility index (Phi) is 6.53. The molecule has 3 aromatic rings. The number of Topliss-reactive ketones (excluding diaryl/α,β-unsaturated/α-hetero) is 1. The van der Waals surface area contributed by atoms with Crippen LogP contribution in [0.3, 0.4) is 0 Å². The van der Waals surface area contributed by atoms with Gasteiger partial charge in [-0.05, 0) is 0 Å². The maximum absolute atomic E-state index is 13.1. The molecule has 0 fully saturated rings. The van der Waals surface area contributed by atoms with Gasteiger partial charge in [0.2, 0.25) is 0 Å². The average Bonchev–Trinajstić information content (AvgIpc) is 2.96. The standard InChI is InChI=1S/C23H23ClNO3.Cr/c1-4-7-19-21(22(26)14(2)3)17-11-10-15(23(27)28)12-20(17)25(19)13-16-8-5-6-9-18(16)24;/h5,8-12,14H,4,7,13H2,1-3H3,(H,27,28);. The van der Waals surface area contributed by atoms with Gasteiger partial charge in [0, 0.05) is 0 Å². The molecule has 0 unspecified atom stereocenters. The van der Waals surface area contributed by atoms with E-state index >= 15 is 0 Å². The van der Waals surface area contributed by atoms with Gasteiger partial charge in [-0.15, -0.1) is 0 Å². The summed E-state index contributed by atoms with van der Waals surface area (Å²) in [5, 5.41) is 10.9. The van der Waals surface area contributed by atoms with E-state index in [2.05, 4.69) is 27.8 Å². The van der Waals surface area contributed by atoms with Crippen molar-refractivity contribution < 1.29 is 31.0 Å². The molecule has 0 amide bonds. The van der Waals surface area contributed by atoms with Crippen LogP contribution in [0.4, 0.5) is 0 Å². The van der Waals surface area contributed by atoms with Gasteiger partial charge in [-0.2, -0.15) is 0 Å². The van der Waals surface area contributed by atoms with Crippen LogP contribution >= 0.6 is 11.6 Å². The van der Waals surface area contributed by atoms with E-state index in [4.69, 9.17) is 11.6 Å². The van der Waals surface area contributed by atoms with Crippen molar-refractivity contribution >= 4 is 38.7 Å². The molecule has 0 spiro atoms. The van der Waals surface area contributed by atoms with Crippen molar-refractivity contribution in [2.24, 2.45) is 5.92 Å². The Bertz CT molecular complexity index is 1100. The summed E-state index contributed by atoms with van der Waals surface area (Å²) in [5.41, 5.74) is 3.51. The number of ketones is 1. The van der Waals surface area contributed by atoms with Crippen molar-refractivity contribution in [3.05, 3.63) is 63.8 Å². The number of benzene rings is 2. The van der Waals surface area contributed by atoms with Gasteiger partial charge in [0.05, 0.1) is 0 Å². The first-order valence-electron chi connectivity index (χ1n) is 9.62. The number of hydrogen-bond donors (Lipinski definition) is 1. The maximum atomic E-state index is 13.1. The topological polar surface area (TPSA) is 59.3 Å². The van der Waals surface area contributed by atoms with Crippen molar-refractivity contribution in [2.45, 2.75) is 40.2 Å². The molecule has 0 saturated heterocycles. The minimum absolute atomic E-state index is 0.0740. The number of carboxylic acids is 1. The molecule has 4 nitrogen and oxygen atoms in total. The van der Waals surface area contributed by atoms with Gasteiger partial charge in [0.1, 0.15) is 0 Å². The van der Waals surface area contributed by atoms with E-state index in [0.29, 0.717) is 17.1 Å². The predicted octanol–water partition coefficient (Wildman–Crippen LogP) is 5.00. The Labute approximate surface area is 183 Å². The second-order valence-corrected chi connectivity index (χ2v) is 8.61. The SMILES string of the molecule is CCCc1c(C(=O)C(C)C)c2ccc(C(=O)O)cc2n1Cc1cc[c]([Cr])cc1Cl. The number of carbonyl (C=O) groups excluding carboxylic acids is 1. The summed E-state index contributed by atoms with van der Waals surface area (Å²) in [6.07, 6.45) is 1.60. The number of hydrogen-bond acceptors (Lipinski definition) is 2. The Morgan fingerprint density at radius 1 is 1.17 bits per heavy atom. The van der Waals surface area contributed by atoms with Crippen molar-refractivity contribution in [2.75, 3.05) is 0 Å². The molecule has 0 saturated carbocycles. The third-order valence-electron chi connectivity index (χ3n) is 5.03. The van der Waals surface area contributed by atoms with Crippen LogP contribution in [-0.2, 0) is 29.3 Å². The summed E-state index contributed by atoms with van der Waals surface area (Å²) in [4.78, 5) is 24.7. The van der Waals surface area contributed by atoms with Crippen LogP contribution < -0.4 is 4.43 Å². The number of nitrogens with zero attached hydrogens (tertiary/aromatic N) is 1. The zero-order valence-corrected chi connectivity index (χ0v) is 18.7. The second-order valence-electron chi connectivity index (χ2n) is 7.47. The number of halogens is 1. The van der Waals surface area contributed by atoms with E-state index in [0.717, 1.165) is 39.4 Å². The molecule has 0 bridgehead atoms. The fourth-order valence-corrected chi connectivity index (χ4v) is 4.24. The van der Waals surface area contributed by atoms with Gasteiger partial charge in [-0.25, -0.2) is 0 Å². The Morgan fingerprint density at radius 3 is 2.48 bits per heavy atom. The van der Waals surface area contributed by atoms with Crippen LogP contribution in [0, 0.1) is 5.92 Å². The zero-order valence-electron chi connectivity index (χ0n) is 16.7. The third-order valence-corrected chi connectivity index (χ3v) is 5.78. The number of carbonyl (C=O) groups is 2. The molecule has 1 N–H and O–H groups in total. The number of aromatic carboxylic acids is 1. The second kappa shape index (κ2) is 8.75. The van der Waals surface area contributed by atoms with E-state index in [9.17, 15) is 14.7 Å². The Hall–Kier alpha value is -2.06. The fraction of sp³-hybridized carbons (Fsp3) is 0.304. The molecule has 3 rings (SSSR count). The summed E-state index contributed by atoms with van der Waals surface area (Å²) < 4.78 is 3.01. The molecule has 2 aromatic carbocycles. The van der Waals surface area contributed by atoms with Crippen LogP contribution in [0.2, 0.25) is 5.02 Å². The Morgan fingerprint density at radius 2 is 1.90 bits per heavy atom. The molecule has 0 aliphatic rings. The van der Waals surface area contributed by atoms with Gasteiger partial charge in [-0.3, -0.25) is 0 Å². The summed E-state index contributed by atoms with van der Waals surface area (Å²) >= 11 is 9.41. The van der Waals surface area contributed by atoms with Gasteiger partial charge in [-0.1, -0.05) is 0 Å². The normalized spacial score (nSPS) is 11.3. The first kappa shape index (κ1) is 21.6. The molecule has 6 heteroatoms. The average molecular weight is 449 g/mol. The summed E-state index contributed by atoms with van der Waals surface area (Å²) in [6.45, 7) is 6.32. The molecular formula is C23H23ClCrNO3. The van der Waals surface area contributed by atoms with E-state index in [1.54, 1.807) is 18.2 Å². The van der Waals surface area contributed by atoms with Gasteiger partial charge >= 0.3 is 184 Å². The molecule has 151 valence electrons. The van der Waals surface area contributed by atoms with Gasteiger partial charge < -0.3 is 0 Å². The van der Waals surface area contributed by atoms with E-state index in [1.807, 2.05) is 32.0 Å². The quantitative estimate of drug-likeness (QED) is 0.517. The van der Waals surface area contributed by atoms with E-state index in [1.165, 1.54) is 0 Å². The zero-order chi connectivity index (χ0) is 21.3. The van der Waals surface area contributed by atoms with Crippen molar-refractivity contribution in [3.63, 3.8) is 0 Å². The predicted molar refractivity (Wildman–Crippen MR) is 112 cm³/mol. The van der Waals surface area contributed by atoms with Gasteiger partial charge in [0.25, 0.3) is 0 Å². The van der Waals surface area contributed by atoms with E-state index < -0.39 is 5.97 Å². The summed E-state index contributed by atoms with van der Waals surface area (Å²) in [5.74, 6) is -1.07. The molecule has 1 aromatic heterocycles. The first-order valence-corrected chi connectivity index (χ1v) is 10.6. The summed E-state index contributed by atoms with van der Waals surface area (Å²) in [6, 6.07) is 10.8. The molecular weight excluding hydrogens is 426 g/mol. The molecule has 1 heterocycles.